The van der Waals surface area contributed by atoms with Crippen molar-refractivity contribution in [1.29, 1.82) is 0 Å². The third-order valence-electron chi connectivity index (χ3n) is 13.4. The molecule has 1 unspecified atom stereocenters. The zero-order chi connectivity index (χ0) is 48.6. The van der Waals surface area contributed by atoms with Crippen molar-refractivity contribution in [2.45, 2.75) is 77.3 Å². The number of benzene rings is 1. The van der Waals surface area contributed by atoms with Gasteiger partial charge in [-0.1, -0.05) is 25.0 Å². The molecule has 4 aliphatic rings. The van der Waals surface area contributed by atoms with Crippen LogP contribution in [0.3, 0.4) is 0 Å². The summed E-state index contributed by atoms with van der Waals surface area (Å²) < 4.78 is 18.7. The number of likely N-dealkylation sites (N-methyl/N-ethyl adjacent to an activating group) is 1. The summed E-state index contributed by atoms with van der Waals surface area (Å²) in [7, 11) is 1.35. The van der Waals surface area contributed by atoms with Crippen molar-refractivity contribution in [1.82, 2.24) is 39.5 Å². The summed E-state index contributed by atoms with van der Waals surface area (Å²) >= 11 is 0. The monoisotopic (exact) mass is 948 g/mol. The number of hydrogen-bond donors (Lipinski definition) is 2. The molecule has 3 aliphatic heterocycles. The number of likely N-dealkylation sites (tertiary alicyclic amines) is 1. The summed E-state index contributed by atoms with van der Waals surface area (Å²) in [6.45, 7) is 10.3. The van der Waals surface area contributed by atoms with Crippen LogP contribution < -0.4 is 21.1 Å². The van der Waals surface area contributed by atoms with Crippen LogP contribution in [0.25, 0.3) is 11.0 Å². The minimum Gasteiger partial charge on any atom is -0.378 e. The number of imide groups is 2. The number of pyridine rings is 2. The Hall–Kier alpha value is -6.48. The van der Waals surface area contributed by atoms with Gasteiger partial charge >= 0.3 is 0 Å². The average molecular weight is 949 g/mol. The number of rotatable bonds is 21. The fourth-order valence-electron chi connectivity index (χ4n) is 9.64. The Morgan fingerprint density at radius 1 is 0.826 bits per heavy atom. The van der Waals surface area contributed by atoms with Crippen molar-refractivity contribution in [3.8, 4) is 0 Å². The largest absolute Gasteiger partial charge is 0.378 e. The third kappa shape index (κ3) is 11.0. The molecule has 6 heterocycles. The lowest BCUT2D eigenvalue weighted by atomic mass is 9.99. The van der Waals surface area contributed by atoms with Gasteiger partial charge in [0.2, 0.25) is 17.8 Å². The first-order valence-electron chi connectivity index (χ1n) is 23.8. The molecule has 8 rings (SSSR count). The first kappa shape index (κ1) is 49.0. The number of ketones is 1. The smallest absolute Gasteiger partial charge is 0.263 e. The van der Waals surface area contributed by atoms with Crippen LogP contribution in [0, 0.1) is 6.92 Å². The lowest BCUT2D eigenvalue weighted by Crippen LogP contribution is -2.54. The van der Waals surface area contributed by atoms with Crippen LogP contribution in [0.1, 0.15) is 100 Å². The molecule has 1 aliphatic carbocycles. The molecular weight excluding hydrogens is 889 g/mol. The van der Waals surface area contributed by atoms with E-state index in [9.17, 15) is 33.6 Å². The quantitative estimate of drug-likeness (QED) is 0.0695. The van der Waals surface area contributed by atoms with E-state index in [4.69, 9.17) is 19.2 Å². The van der Waals surface area contributed by atoms with Crippen LogP contribution in [0.4, 0.5) is 17.5 Å². The number of nitrogens with zero attached hydrogens (tertiary/aromatic N) is 8. The molecule has 0 radical (unpaired) electrons. The first-order valence-corrected chi connectivity index (χ1v) is 23.8. The van der Waals surface area contributed by atoms with Crippen LogP contribution in [0.5, 0.6) is 0 Å². The van der Waals surface area contributed by atoms with Gasteiger partial charge in [0.1, 0.15) is 17.5 Å². The lowest BCUT2D eigenvalue weighted by molar-refractivity contribution is -0.149. The van der Waals surface area contributed by atoms with Crippen molar-refractivity contribution < 1.29 is 43.0 Å². The highest BCUT2D eigenvalue weighted by Gasteiger charge is 2.47. The average Bonchev–Trinajstić information content (AvgIpc) is 3.97. The number of carbonyl (C=O) groups excluding carboxylic acids is 6. The molecule has 1 atom stereocenters. The fraction of sp³-hybridized carbons (Fsp3) is 0.510. The number of anilines is 3. The van der Waals surface area contributed by atoms with E-state index in [1.165, 1.54) is 20.0 Å². The molecular formula is C49H60N10O10. The Labute approximate surface area is 399 Å². The van der Waals surface area contributed by atoms with E-state index in [1.54, 1.807) is 29.8 Å². The van der Waals surface area contributed by atoms with Gasteiger partial charge in [-0.15, -0.1) is 0 Å². The molecule has 366 valence electrons. The normalized spacial score (nSPS) is 17.9. The number of ether oxygens (including phenoxy) is 3. The highest BCUT2D eigenvalue weighted by Crippen LogP contribution is 2.33. The number of aromatic nitrogens is 4. The maximum atomic E-state index is 13.6. The molecule has 3 aromatic heterocycles. The number of amides is 5. The molecule has 3 fully saturated rings. The van der Waals surface area contributed by atoms with Gasteiger partial charge < -0.3 is 29.7 Å². The van der Waals surface area contributed by atoms with E-state index >= 15 is 0 Å². The van der Waals surface area contributed by atoms with Gasteiger partial charge in [0, 0.05) is 76.8 Å². The van der Waals surface area contributed by atoms with Gasteiger partial charge in [-0.25, -0.2) is 9.97 Å². The molecule has 1 aromatic carbocycles. The second-order valence-corrected chi connectivity index (χ2v) is 17.8. The van der Waals surface area contributed by atoms with Crippen molar-refractivity contribution in [3.05, 3.63) is 80.9 Å². The zero-order valence-electron chi connectivity index (χ0n) is 39.5. The summed E-state index contributed by atoms with van der Waals surface area (Å²) in [5.41, 5.74) is 3.03. The maximum Gasteiger partial charge on any atom is 0.263 e. The number of hydrogen-bond acceptors (Lipinski definition) is 16. The predicted molar refractivity (Wildman–Crippen MR) is 254 cm³/mol. The summed E-state index contributed by atoms with van der Waals surface area (Å²) in [6, 6.07) is 7.78. The second kappa shape index (κ2) is 22.3. The minimum atomic E-state index is -1.04. The Bertz CT molecular complexity index is 2640. The van der Waals surface area contributed by atoms with E-state index in [2.05, 4.69) is 30.4 Å². The molecule has 1 saturated carbocycles. The Balaban J connectivity index is 0.665. The van der Waals surface area contributed by atoms with Crippen molar-refractivity contribution in [2.75, 3.05) is 96.2 Å². The number of Topliss-reactive ketones (excluding diaryl/α,β-unsaturated/α-hetero) is 1. The van der Waals surface area contributed by atoms with Crippen LogP contribution >= 0.6 is 0 Å². The van der Waals surface area contributed by atoms with Gasteiger partial charge in [0.15, 0.2) is 5.78 Å². The lowest BCUT2D eigenvalue weighted by Gasteiger charge is -2.35. The van der Waals surface area contributed by atoms with Gasteiger partial charge in [-0.05, 0) is 68.9 Å². The number of fused-ring (bicyclic) bond motifs is 2. The van der Waals surface area contributed by atoms with Crippen LogP contribution in [0.2, 0.25) is 0 Å². The van der Waals surface area contributed by atoms with E-state index < -0.39 is 23.8 Å². The number of aryl methyl sites for hydroxylation is 2. The fourth-order valence-corrected chi connectivity index (χ4v) is 9.64. The molecule has 0 bridgehead atoms. The van der Waals surface area contributed by atoms with Gasteiger partial charge in [0.25, 0.3) is 23.3 Å². The molecule has 5 amide bonds. The number of carbonyl (C=O) groups is 6. The highest BCUT2D eigenvalue weighted by atomic mass is 16.5. The third-order valence-corrected chi connectivity index (χ3v) is 13.4. The molecule has 2 saturated heterocycles. The second-order valence-electron chi connectivity index (χ2n) is 17.8. The Morgan fingerprint density at radius 2 is 1.55 bits per heavy atom. The predicted octanol–water partition coefficient (Wildman–Crippen LogP) is 3.22. The number of nitrogens with one attached hydrogen (secondary N) is 2. The zero-order valence-corrected chi connectivity index (χ0v) is 39.5. The summed E-state index contributed by atoms with van der Waals surface area (Å²) in [5, 5.41) is 6.70. The van der Waals surface area contributed by atoms with E-state index in [-0.39, 0.29) is 71.6 Å². The van der Waals surface area contributed by atoms with Crippen molar-refractivity contribution in [3.63, 3.8) is 0 Å². The topological polar surface area (TPSA) is 228 Å². The van der Waals surface area contributed by atoms with Gasteiger partial charge in [0.05, 0.1) is 68.2 Å². The van der Waals surface area contributed by atoms with E-state index in [0.717, 1.165) is 73.9 Å². The Kier molecular flexibility index (Phi) is 15.8. The van der Waals surface area contributed by atoms with Crippen LogP contribution in [-0.4, -0.2) is 162 Å². The first-order chi connectivity index (χ1) is 33.4. The summed E-state index contributed by atoms with van der Waals surface area (Å²) in [5.74, 6) is -1.65. The van der Waals surface area contributed by atoms with Crippen molar-refractivity contribution >= 4 is 63.8 Å². The Morgan fingerprint density at radius 3 is 2.26 bits per heavy atom. The molecule has 2 N–H and O–H groups in total. The van der Waals surface area contributed by atoms with Crippen LogP contribution in [-0.2, 0) is 35.0 Å². The number of piperazine rings is 1. The van der Waals surface area contributed by atoms with Crippen molar-refractivity contribution in [2.24, 2.45) is 0 Å². The summed E-state index contributed by atoms with van der Waals surface area (Å²) in [4.78, 5) is 110. The standard InChI is InChI=1S/C49H60N10O10/c1-31-37-30-52-49(54-44(37)58(34-8-4-5-9-34)47(65)42(31)32(2)60)53-39-14-12-35(29-51-39)57-20-18-56(19-21-57)22-24-68-26-28-69-27-25-67-23-17-50-40(61)15-11-33-7-6-10-36-43(33)48(66)59(45(36)63)38-13-16-41(62)55(3)46(38)64/h6-7,10,12,14,29-30,34,38H,4-5,8-9,11,13,15-28H2,1-3H3,(H,50,61)(H,51,52,53,54). The molecule has 4 aromatic rings. The molecule has 20 nitrogen and oxygen atoms in total. The number of piperidine rings is 1. The molecule has 20 heteroatoms. The molecule has 69 heavy (non-hydrogen) atoms. The van der Waals surface area contributed by atoms with E-state index in [1.807, 2.05) is 18.3 Å². The summed E-state index contributed by atoms with van der Waals surface area (Å²) in [6.07, 6.45) is 7.80. The SMILES string of the molecule is CC(=O)c1c(C)c2cnc(Nc3ccc(N4CCN(CCOCCOCCOCCNC(=O)CCc5cccc6c5C(=O)N(C5CCC(=O)N(C)C5=O)C6=O)CC4)cn3)nc2n(C2CCCC2)c1=O. The van der Waals surface area contributed by atoms with Gasteiger partial charge in [-0.3, -0.25) is 52.8 Å². The van der Waals surface area contributed by atoms with Gasteiger partial charge in [-0.2, -0.15) is 4.98 Å². The van der Waals surface area contributed by atoms with Crippen LogP contribution in [0.15, 0.2) is 47.5 Å². The van der Waals surface area contributed by atoms with E-state index in [0.29, 0.717) is 80.1 Å². The minimum absolute atomic E-state index is 0.00125. The maximum absolute atomic E-state index is 13.6. The highest BCUT2D eigenvalue weighted by molar-refractivity contribution is 6.24. The molecule has 0 spiro atoms.